The van der Waals surface area contributed by atoms with Crippen molar-refractivity contribution in [1.29, 1.82) is 5.26 Å². The fourth-order valence-corrected chi connectivity index (χ4v) is 10.9. The number of alkyl halides is 6. The van der Waals surface area contributed by atoms with Crippen LogP contribution in [0.3, 0.4) is 0 Å². The van der Waals surface area contributed by atoms with Gasteiger partial charge in [-0.05, 0) is 107 Å². The zero-order valence-corrected chi connectivity index (χ0v) is 38.3. The van der Waals surface area contributed by atoms with Crippen LogP contribution in [-0.2, 0) is 12.4 Å². The average Bonchev–Trinajstić information content (AvgIpc) is 4.05. The van der Waals surface area contributed by atoms with Gasteiger partial charge in [0, 0.05) is 37.9 Å². The molecule has 13 rings (SSSR count). The van der Waals surface area contributed by atoms with Gasteiger partial charge in [0.1, 0.15) is 6.07 Å². The van der Waals surface area contributed by atoms with E-state index in [0.717, 1.165) is 62.3 Å². The summed E-state index contributed by atoms with van der Waals surface area (Å²) in [6.07, 6.45) is -9.27. The molecule has 0 aliphatic rings. The highest BCUT2D eigenvalue weighted by Gasteiger charge is 2.35. The van der Waals surface area contributed by atoms with Crippen LogP contribution in [0.25, 0.3) is 116 Å². The van der Waals surface area contributed by atoms with E-state index in [0.29, 0.717) is 71.8 Å². The second-order valence-corrected chi connectivity index (χ2v) is 18.2. The third-order valence-electron chi connectivity index (χ3n) is 14.1. The second-order valence-electron chi connectivity index (χ2n) is 18.2. The molecule has 0 fully saturated rings. The molecule has 0 amide bonds. The number of nitriles is 1. The van der Waals surface area contributed by atoms with Crippen LogP contribution in [0.4, 0.5) is 26.3 Å². The first-order valence-electron chi connectivity index (χ1n) is 23.5. The number of aromatic nitrogens is 3. The van der Waals surface area contributed by atoms with E-state index in [-0.39, 0.29) is 5.56 Å². The minimum Gasteiger partial charge on any atom is -0.308 e. The lowest BCUT2D eigenvalue weighted by molar-refractivity contribution is -0.138. The van der Waals surface area contributed by atoms with Crippen LogP contribution in [0.15, 0.2) is 218 Å². The summed E-state index contributed by atoms with van der Waals surface area (Å²) >= 11 is 0. The highest BCUT2D eigenvalue weighted by Crippen LogP contribution is 2.49. The average molecular weight is 963 g/mol. The molecular weight excluding hydrogens is 927 g/mol. The van der Waals surface area contributed by atoms with Crippen molar-refractivity contribution in [3.05, 3.63) is 235 Å². The monoisotopic (exact) mass is 962 g/mol. The number of para-hydroxylation sites is 2. The van der Waals surface area contributed by atoms with Gasteiger partial charge in [-0.15, -0.1) is 0 Å². The lowest BCUT2D eigenvalue weighted by atomic mass is 9.95. The van der Waals surface area contributed by atoms with Crippen molar-refractivity contribution >= 4 is 65.4 Å². The summed E-state index contributed by atoms with van der Waals surface area (Å²) in [4.78, 5) is 0. The second kappa shape index (κ2) is 16.4. The van der Waals surface area contributed by atoms with Gasteiger partial charge in [-0.1, -0.05) is 140 Å². The summed E-state index contributed by atoms with van der Waals surface area (Å²) in [6.45, 7) is 0. The molecule has 0 aliphatic heterocycles. The standard InChI is InChI=1S/C63H36F6N4/c64-62(65,66)44-26-30-54-50(35-44)46-20-10-12-22-52(46)71(54)58-34-43(37-70)60(61(59(58)40-18-8-3-9-19-40)73-53-23-13-11-21-47(53)51-36-45(63(67,68)69)27-31-57(51)73)72-55-28-24-41(38-14-4-1-5-15-38)32-48(55)49-33-42(25-29-56(49)72)39-16-6-2-7-17-39/h1-36H. The smallest absolute Gasteiger partial charge is 0.308 e. The van der Waals surface area contributed by atoms with Gasteiger partial charge in [0.2, 0.25) is 0 Å². The van der Waals surface area contributed by atoms with Crippen LogP contribution in [0.5, 0.6) is 0 Å². The Labute approximate surface area is 413 Å². The Morgan fingerprint density at radius 3 is 1.15 bits per heavy atom. The Balaban J connectivity index is 1.26. The van der Waals surface area contributed by atoms with E-state index in [9.17, 15) is 31.6 Å². The van der Waals surface area contributed by atoms with Crippen molar-refractivity contribution in [3.8, 4) is 56.5 Å². The Hall–Kier alpha value is -9.33. The predicted octanol–water partition coefficient (Wildman–Crippen LogP) is 17.9. The zero-order chi connectivity index (χ0) is 49.8. The fourth-order valence-electron chi connectivity index (χ4n) is 10.9. The summed E-state index contributed by atoms with van der Waals surface area (Å²) in [5.74, 6) is 0. The van der Waals surface area contributed by atoms with Crippen LogP contribution in [0.2, 0.25) is 0 Å². The highest BCUT2D eigenvalue weighted by atomic mass is 19.4. The minimum atomic E-state index is -4.64. The maximum Gasteiger partial charge on any atom is 0.416 e. The van der Waals surface area contributed by atoms with E-state index in [1.165, 1.54) is 18.2 Å². The molecule has 0 saturated carbocycles. The molecular formula is C63H36F6N4. The van der Waals surface area contributed by atoms with Crippen molar-refractivity contribution in [2.45, 2.75) is 12.4 Å². The molecule has 0 unspecified atom stereocenters. The van der Waals surface area contributed by atoms with Gasteiger partial charge in [-0.25, -0.2) is 0 Å². The van der Waals surface area contributed by atoms with Crippen molar-refractivity contribution in [2.24, 2.45) is 0 Å². The SMILES string of the molecule is N#Cc1cc(-n2c3ccccc3c3cc(C(F)(F)F)ccc32)c(-c2ccccc2)c(-n2c3ccccc3c3cc(C(F)(F)F)ccc32)c1-n1c2ccc(-c3ccccc3)cc2c2cc(-c3ccccc3)ccc21. The van der Waals surface area contributed by atoms with E-state index >= 15 is 0 Å². The summed E-state index contributed by atoms with van der Waals surface area (Å²) in [6, 6.07) is 68.5. The van der Waals surface area contributed by atoms with E-state index in [1.54, 1.807) is 30.3 Å². The summed E-state index contributed by atoms with van der Waals surface area (Å²) in [7, 11) is 0. The highest BCUT2D eigenvalue weighted by molar-refractivity contribution is 6.15. The van der Waals surface area contributed by atoms with Crippen molar-refractivity contribution < 1.29 is 26.3 Å². The zero-order valence-electron chi connectivity index (χ0n) is 38.3. The summed E-state index contributed by atoms with van der Waals surface area (Å²) < 4.78 is 93.5. The number of fused-ring (bicyclic) bond motifs is 9. The first-order chi connectivity index (χ1) is 35.5. The Kier molecular flexibility index (Phi) is 9.79. The first kappa shape index (κ1) is 43.7. The number of hydrogen-bond acceptors (Lipinski definition) is 1. The number of benzene rings is 10. The summed E-state index contributed by atoms with van der Waals surface area (Å²) in [5, 5.41) is 15.4. The van der Waals surface area contributed by atoms with Crippen LogP contribution < -0.4 is 0 Å². The Bertz CT molecular complexity index is 4310. The van der Waals surface area contributed by atoms with Gasteiger partial charge in [0.05, 0.1) is 66.9 Å². The van der Waals surface area contributed by atoms with Crippen molar-refractivity contribution in [3.63, 3.8) is 0 Å². The van der Waals surface area contributed by atoms with Crippen molar-refractivity contribution in [1.82, 2.24) is 13.7 Å². The lowest BCUT2D eigenvalue weighted by Gasteiger charge is -2.25. The Morgan fingerprint density at radius 2 is 0.685 bits per heavy atom. The van der Waals surface area contributed by atoms with E-state index in [4.69, 9.17) is 0 Å². The molecule has 4 nitrogen and oxygen atoms in total. The predicted molar refractivity (Wildman–Crippen MR) is 280 cm³/mol. The molecule has 0 radical (unpaired) electrons. The van der Waals surface area contributed by atoms with Gasteiger partial charge < -0.3 is 13.7 Å². The first-order valence-corrected chi connectivity index (χ1v) is 23.5. The van der Waals surface area contributed by atoms with Crippen LogP contribution in [0, 0.1) is 11.3 Å². The molecule has 10 heteroatoms. The topological polar surface area (TPSA) is 38.6 Å². The maximum atomic E-state index is 14.7. The molecule has 10 aromatic carbocycles. The lowest BCUT2D eigenvalue weighted by Crippen LogP contribution is -2.12. The third kappa shape index (κ3) is 6.91. The molecule has 73 heavy (non-hydrogen) atoms. The Morgan fingerprint density at radius 1 is 0.315 bits per heavy atom. The molecule has 0 saturated heterocycles. The molecule has 0 N–H and O–H groups in total. The minimum absolute atomic E-state index is 0.207. The number of halogens is 6. The van der Waals surface area contributed by atoms with Gasteiger partial charge in [-0.3, -0.25) is 0 Å². The quantitative estimate of drug-likeness (QED) is 0.153. The summed E-state index contributed by atoms with van der Waals surface area (Å²) in [5.41, 5.74) is 8.83. The third-order valence-corrected chi connectivity index (χ3v) is 14.1. The van der Waals surface area contributed by atoms with Gasteiger partial charge in [0.25, 0.3) is 0 Å². The van der Waals surface area contributed by atoms with Crippen molar-refractivity contribution in [2.75, 3.05) is 0 Å². The van der Waals surface area contributed by atoms with E-state index < -0.39 is 23.5 Å². The normalized spacial score (nSPS) is 12.2. The molecule has 13 aromatic rings. The largest absolute Gasteiger partial charge is 0.416 e. The molecule has 0 bridgehead atoms. The van der Waals surface area contributed by atoms with Crippen LogP contribution in [0.1, 0.15) is 16.7 Å². The van der Waals surface area contributed by atoms with Gasteiger partial charge >= 0.3 is 12.4 Å². The number of hydrogen-bond donors (Lipinski definition) is 0. The molecule has 3 heterocycles. The molecule has 3 aromatic heterocycles. The fraction of sp³-hybridized carbons (Fsp3) is 0.0317. The molecule has 0 atom stereocenters. The van der Waals surface area contributed by atoms with E-state index in [1.807, 2.05) is 112 Å². The van der Waals surface area contributed by atoms with Crippen LogP contribution in [-0.4, -0.2) is 13.7 Å². The van der Waals surface area contributed by atoms with E-state index in [2.05, 4.69) is 59.2 Å². The van der Waals surface area contributed by atoms with Gasteiger partial charge in [-0.2, -0.15) is 31.6 Å². The molecule has 350 valence electrons. The number of nitrogens with zero attached hydrogens (tertiary/aromatic N) is 4. The van der Waals surface area contributed by atoms with Gasteiger partial charge in [0.15, 0.2) is 0 Å². The van der Waals surface area contributed by atoms with Crippen LogP contribution >= 0.6 is 0 Å². The molecule has 0 spiro atoms. The molecule has 0 aliphatic carbocycles. The maximum absolute atomic E-state index is 14.7. The number of rotatable bonds is 6.